The van der Waals surface area contributed by atoms with E-state index in [9.17, 15) is 5.11 Å². The highest BCUT2D eigenvalue weighted by Gasteiger charge is 2.26. The third-order valence-electron chi connectivity index (χ3n) is 5.15. The Bertz CT molecular complexity index is 693. The number of rotatable bonds is 7. The lowest BCUT2D eigenvalue weighted by atomic mass is 10.0. The molecule has 1 saturated heterocycles. The van der Waals surface area contributed by atoms with Gasteiger partial charge in [0.25, 0.3) is 0 Å². The molecule has 140 valence electrons. The van der Waals surface area contributed by atoms with Crippen LogP contribution < -0.4 is 4.74 Å². The van der Waals surface area contributed by atoms with Gasteiger partial charge in [-0.1, -0.05) is 12.1 Å². The van der Waals surface area contributed by atoms with E-state index in [1.165, 1.54) is 16.7 Å². The smallest absolute Gasteiger partial charge is 0.121 e. The Morgan fingerprint density at radius 1 is 1.12 bits per heavy atom. The van der Waals surface area contributed by atoms with Gasteiger partial charge in [-0.3, -0.25) is 14.8 Å². The van der Waals surface area contributed by atoms with Crippen molar-refractivity contribution in [3.63, 3.8) is 0 Å². The van der Waals surface area contributed by atoms with Crippen molar-refractivity contribution >= 4 is 0 Å². The highest BCUT2D eigenvalue weighted by atomic mass is 16.5. The summed E-state index contributed by atoms with van der Waals surface area (Å²) in [6, 6.07) is 10.9. The van der Waals surface area contributed by atoms with Gasteiger partial charge in [-0.25, -0.2) is 0 Å². The molecule has 3 rings (SSSR count). The predicted octanol–water partition coefficient (Wildman–Crippen LogP) is 2.47. The van der Waals surface area contributed by atoms with Crippen molar-refractivity contribution in [3.8, 4) is 5.75 Å². The van der Waals surface area contributed by atoms with Crippen molar-refractivity contribution in [2.45, 2.75) is 32.5 Å². The lowest BCUT2D eigenvalue weighted by Crippen LogP contribution is -2.52. The standard InChI is InChI=1S/C21H29N3O2/c1-17-13-19(3-4-21(17)26-2)15-24-11-10-23(16-20(24)7-12-25)14-18-5-8-22-9-6-18/h3-6,8-9,13,20,25H,7,10-12,14-16H2,1-2H3/t20-/m1/s1. The number of hydrogen-bond donors (Lipinski definition) is 1. The molecule has 1 aliphatic heterocycles. The maximum absolute atomic E-state index is 9.52. The summed E-state index contributed by atoms with van der Waals surface area (Å²) < 4.78 is 5.36. The second kappa shape index (κ2) is 9.12. The normalized spacial score (nSPS) is 18.8. The summed E-state index contributed by atoms with van der Waals surface area (Å²) in [6.07, 6.45) is 4.51. The number of nitrogens with zero attached hydrogens (tertiary/aromatic N) is 3. The van der Waals surface area contributed by atoms with E-state index in [4.69, 9.17) is 4.74 Å². The lowest BCUT2D eigenvalue weighted by molar-refractivity contribution is 0.0499. The molecule has 2 aromatic rings. The predicted molar refractivity (Wildman–Crippen MR) is 103 cm³/mol. The van der Waals surface area contributed by atoms with Crippen molar-refractivity contribution < 1.29 is 9.84 Å². The highest BCUT2D eigenvalue weighted by Crippen LogP contribution is 2.22. The Labute approximate surface area is 156 Å². The molecule has 0 aliphatic carbocycles. The minimum atomic E-state index is 0.228. The van der Waals surface area contributed by atoms with E-state index >= 15 is 0 Å². The SMILES string of the molecule is COc1ccc(CN2CCN(Cc3ccncc3)C[C@H]2CCO)cc1C. The van der Waals surface area contributed by atoms with E-state index in [-0.39, 0.29) is 6.61 Å². The van der Waals surface area contributed by atoms with Gasteiger partial charge in [0.1, 0.15) is 5.75 Å². The second-order valence-electron chi connectivity index (χ2n) is 7.03. The van der Waals surface area contributed by atoms with Crippen LogP contribution in [0.1, 0.15) is 23.1 Å². The van der Waals surface area contributed by atoms with Crippen LogP contribution in [0.3, 0.4) is 0 Å². The molecule has 1 aromatic carbocycles. The molecule has 1 aromatic heterocycles. The van der Waals surface area contributed by atoms with Gasteiger partial charge in [-0.2, -0.15) is 0 Å². The van der Waals surface area contributed by atoms with E-state index in [1.54, 1.807) is 7.11 Å². The number of methoxy groups -OCH3 is 1. The lowest BCUT2D eigenvalue weighted by Gasteiger charge is -2.41. The van der Waals surface area contributed by atoms with E-state index in [2.05, 4.69) is 46.0 Å². The van der Waals surface area contributed by atoms with E-state index in [0.717, 1.165) is 44.9 Å². The first-order valence-corrected chi connectivity index (χ1v) is 9.29. The molecule has 0 amide bonds. The zero-order valence-corrected chi connectivity index (χ0v) is 15.8. The van der Waals surface area contributed by atoms with Crippen LogP contribution in [-0.2, 0) is 13.1 Å². The Kier molecular flexibility index (Phi) is 6.61. The summed E-state index contributed by atoms with van der Waals surface area (Å²) in [4.78, 5) is 9.07. The summed E-state index contributed by atoms with van der Waals surface area (Å²) in [7, 11) is 1.71. The first-order chi connectivity index (χ1) is 12.7. The maximum atomic E-state index is 9.52. The molecule has 0 unspecified atom stereocenters. The fourth-order valence-corrected chi connectivity index (χ4v) is 3.75. The minimum Gasteiger partial charge on any atom is -0.496 e. The maximum Gasteiger partial charge on any atom is 0.121 e. The number of aliphatic hydroxyl groups is 1. The van der Waals surface area contributed by atoms with Crippen LogP contribution in [0.25, 0.3) is 0 Å². The molecule has 26 heavy (non-hydrogen) atoms. The van der Waals surface area contributed by atoms with Gasteiger partial charge < -0.3 is 9.84 Å². The summed E-state index contributed by atoms with van der Waals surface area (Å²) in [6.45, 7) is 7.21. The minimum absolute atomic E-state index is 0.228. The van der Waals surface area contributed by atoms with Crippen LogP contribution in [0, 0.1) is 6.92 Å². The number of pyridine rings is 1. The third-order valence-corrected chi connectivity index (χ3v) is 5.15. The number of hydrogen-bond acceptors (Lipinski definition) is 5. The molecule has 1 fully saturated rings. The van der Waals surface area contributed by atoms with Crippen LogP contribution >= 0.6 is 0 Å². The third kappa shape index (κ3) is 4.81. The van der Waals surface area contributed by atoms with Gasteiger partial charge in [0.05, 0.1) is 7.11 Å². The number of ether oxygens (including phenoxy) is 1. The summed E-state index contributed by atoms with van der Waals surface area (Å²) in [5.41, 5.74) is 3.76. The fourth-order valence-electron chi connectivity index (χ4n) is 3.75. The first-order valence-electron chi connectivity index (χ1n) is 9.29. The van der Waals surface area contributed by atoms with E-state index < -0.39 is 0 Å². The van der Waals surface area contributed by atoms with Gasteiger partial charge in [0.2, 0.25) is 0 Å². The molecule has 1 N–H and O–H groups in total. The number of piperazine rings is 1. The molecular weight excluding hydrogens is 326 g/mol. The van der Waals surface area contributed by atoms with Gasteiger partial charge in [0, 0.05) is 57.8 Å². The van der Waals surface area contributed by atoms with Crippen LogP contribution in [0.15, 0.2) is 42.7 Å². The largest absolute Gasteiger partial charge is 0.496 e. The highest BCUT2D eigenvalue weighted by molar-refractivity contribution is 5.36. The van der Waals surface area contributed by atoms with Crippen LogP contribution in [0.2, 0.25) is 0 Å². The van der Waals surface area contributed by atoms with E-state index in [0.29, 0.717) is 6.04 Å². The Hall–Kier alpha value is -1.95. The Morgan fingerprint density at radius 3 is 2.62 bits per heavy atom. The molecular formula is C21H29N3O2. The second-order valence-corrected chi connectivity index (χ2v) is 7.03. The fraction of sp³-hybridized carbons (Fsp3) is 0.476. The Morgan fingerprint density at radius 2 is 1.92 bits per heavy atom. The topological polar surface area (TPSA) is 48.8 Å². The van der Waals surface area contributed by atoms with Crippen LogP contribution in [0.5, 0.6) is 5.75 Å². The molecule has 1 atom stereocenters. The Balaban J connectivity index is 1.63. The van der Waals surface area contributed by atoms with Gasteiger partial charge in [-0.15, -0.1) is 0 Å². The molecule has 5 heteroatoms. The van der Waals surface area contributed by atoms with Crippen molar-refractivity contribution in [1.29, 1.82) is 0 Å². The number of aryl methyl sites for hydroxylation is 1. The summed E-state index contributed by atoms with van der Waals surface area (Å²) in [5.74, 6) is 0.933. The van der Waals surface area contributed by atoms with Crippen molar-refractivity contribution in [2.24, 2.45) is 0 Å². The van der Waals surface area contributed by atoms with Crippen molar-refractivity contribution in [1.82, 2.24) is 14.8 Å². The molecule has 0 spiro atoms. The summed E-state index contributed by atoms with van der Waals surface area (Å²) >= 11 is 0. The molecule has 0 radical (unpaired) electrons. The number of aliphatic hydroxyl groups excluding tert-OH is 1. The molecule has 5 nitrogen and oxygen atoms in total. The zero-order valence-electron chi connectivity index (χ0n) is 15.8. The van der Waals surface area contributed by atoms with Gasteiger partial charge in [-0.05, 0) is 48.2 Å². The zero-order chi connectivity index (χ0) is 18.4. The van der Waals surface area contributed by atoms with E-state index in [1.807, 2.05) is 18.5 Å². The monoisotopic (exact) mass is 355 g/mol. The molecule has 1 aliphatic rings. The average Bonchev–Trinajstić information content (AvgIpc) is 2.65. The van der Waals surface area contributed by atoms with Gasteiger partial charge >= 0.3 is 0 Å². The average molecular weight is 355 g/mol. The number of benzene rings is 1. The van der Waals surface area contributed by atoms with Crippen molar-refractivity contribution in [2.75, 3.05) is 33.4 Å². The quantitative estimate of drug-likeness (QED) is 0.827. The number of aromatic nitrogens is 1. The van der Waals surface area contributed by atoms with Crippen LogP contribution in [0.4, 0.5) is 0 Å². The van der Waals surface area contributed by atoms with Gasteiger partial charge in [0.15, 0.2) is 0 Å². The molecule has 0 saturated carbocycles. The van der Waals surface area contributed by atoms with Crippen molar-refractivity contribution in [3.05, 3.63) is 59.4 Å². The molecule has 0 bridgehead atoms. The van der Waals surface area contributed by atoms with Crippen LogP contribution in [-0.4, -0.2) is 59.3 Å². The molecule has 2 heterocycles. The first kappa shape index (κ1) is 18.8. The summed E-state index contributed by atoms with van der Waals surface area (Å²) in [5, 5.41) is 9.52.